The summed E-state index contributed by atoms with van der Waals surface area (Å²) < 4.78 is 34.4. The molecule has 1 atom stereocenters. The second kappa shape index (κ2) is 8.86. The van der Waals surface area contributed by atoms with Crippen molar-refractivity contribution in [3.8, 4) is 5.75 Å². The zero-order valence-electron chi connectivity index (χ0n) is 16.0. The van der Waals surface area contributed by atoms with E-state index in [0.29, 0.717) is 13.1 Å². The van der Waals surface area contributed by atoms with Crippen LogP contribution in [0.1, 0.15) is 46.1 Å². The molecule has 0 unspecified atom stereocenters. The SMILES string of the molecule is CC(C)C(=O)N(Cc1ccc(OS(=O)(=O)C(C)C)cc1)C[C@@H]1CCCO1. The van der Waals surface area contributed by atoms with Gasteiger partial charge in [0.15, 0.2) is 0 Å². The Balaban J connectivity index is 2.06. The summed E-state index contributed by atoms with van der Waals surface area (Å²) in [6.07, 6.45) is 2.10. The van der Waals surface area contributed by atoms with E-state index >= 15 is 0 Å². The number of nitrogens with zero attached hydrogens (tertiary/aromatic N) is 1. The van der Waals surface area contributed by atoms with E-state index in [2.05, 4.69) is 0 Å². The number of hydrogen-bond donors (Lipinski definition) is 0. The minimum absolute atomic E-state index is 0.0863. The Hall–Kier alpha value is -1.60. The summed E-state index contributed by atoms with van der Waals surface area (Å²) in [6.45, 7) is 8.72. The van der Waals surface area contributed by atoms with Crippen molar-refractivity contribution >= 4 is 16.0 Å². The van der Waals surface area contributed by atoms with Gasteiger partial charge in [0.2, 0.25) is 5.91 Å². The van der Waals surface area contributed by atoms with E-state index in [4.69, 9.17) is 8.92 Å². The Morgan fingerprint density at radius 2 is 1.88 bits per heavy atom. The van der Waals surface area contributed by atoms with Gasteiger partial charge in [-0.2, -0.15) is 8.42 Å². The molecule has 0 spiro atoms. The molecule has 0 saturated carbocycles. The molecule has 0 bridgehead atoms. The van der Waals surface area contributed by atoms with Gasteiger partial charge in [-0.3, -0.25) is 4.79 Å². The van der Waals surface area contributed by atoms with Gasteiger partial charge in [0, 0.05) is 25.6 Å². The van der Waals surface area contributed by atoms with Crippen LogP contribution in [0, 0.1) is 5.92 Å². The lowest BCUT2D eigenvalue weighted by Crippen LogP contribution is -2.39. The van der Waals surface area contributed by atoms with Crippen LogP contribution in [-0.2, 0) is 26.2 Å². The second-order valence-corrected chi connectivity index (χ2v) is 9.37. The van der Waals surface area contributed by atoms with Crippen LogP contribution in [0.25, 0.3) is 0 Å². The maximum absolute atomic E-state index is 12.5. The summed E-state index contributed by atoms with van der Waals surface area (Å²) in [5.41, 5.74) is 0.922. The smallest absolute Gasteiger partial charge is 0.311 e. The van der Waals surface area contributed by atoms with Crippen LogP contribution in [0.4, 0.5) is 0 Å². The number of benzene rings is 1. The molecule has 1 aliphatic rings. The number of ether oxygens (including phenoxy) is 1. The van der Waals surface area contributed by atoms with Gasteiger partial charge in [0.1, 0.15) is 5.75 Å². The average Bonchev–Trinajstić information content (AvgIpc) is 3.08. The van der Waals surface area contributed by atoms with E-state index < -0.39 is 15.4 Å². The van der Waals surface area contributed by atoms with Gasteiger partial charge < -0.3 is 13.8 Å². The van der Waals surface area contributed by atoms with Crippen molar-refractivity contribution < 1.29 is 22.1 Å². The minimum atomic E-state index is -3.61. The monoisotopic (exact) mass is 383 g/mol. The van der Waals surface area contributed by atoms with E-state index in [1.54, 1.807) is 38.1 Å². The maximum Gasteiger partial charge on any atom is 0.311 e. The number of carbonyl (C=O) groups excluding carboxylic acids is 1. The highest BCUT2D eigenvalue weighted by Gasteiger charge is 2.24. The molecule has 0 N–H and O–H groups in total. The highest BCUT2D eigenvalue weighted by atomic mass is 32.2. The van der Waals surface area contributed by atoms with Gasteiger partial charge in [-0.05, 0) is 44.4 Å². The Morgan fingerprint density at radius 1 is 1.23 bits per heavy atom. The summed E-state index contributed by atoms with van der Waals surface area (Å²) in [5.74, 6) is 0.279. The Bertz CT molecular complexity index is 691. The van der Waals surface area contributed by atoms with Gasteiger partial charge in [0.25, 0.3) is 0 Å². The molecular formula is C19H29NO5S. The number of hydrogen-bond acceptors (Lipinski definition) is 5. The molecule has 1 amide bonds. The van der Waals surface area contributed by atoms with Crippen LogP contribution < -0.4 is 4.18 Å². The third-order valence-corrected chi connectivity index (χ3v) is 5.92. The molecule has 1 heterocycles. The molecule has 0 radical (unpaired) electrons. The minimum Gasteiger partial charge on any atom is -0.382 e. The topological polar surface area (TPSA) is 72.9 Å². The van der Waals surface area contributed by atoms with Gasteiger partial charge in [-0.15, -0.1) is 0 Å². The quantitative estimate of drug-likeness (QED) is 0.645. The van der Waals surface area contributed by atoms with E-state index in [0.717, 1.165) is 25.0 Å². The fraction of sp³-hybridized carbons (Fsp3) is 0.632. The lowest BCUT2D eigenvalue weighted by Gasteiger charge is -2.27. The van der Waals surface area contributed by atoms with Gasteiger partial charge in [-0.1, -0.05) is 26.0 Å². The zero-order valence-corrected chi connectivity index (χ0v) is 16.8. The number of amides is 1. The summed E-state index contributed by atoms with van der Waals surface area (Å²) >= 11 is 0. The van der Waals surface area contributed by atoms with Crippen LogP contribution >= 0.6 is 0 Å². The summed E-state index contributed by atoms with van der Waals surface area (Å²) in [5, 5.41) is -0.604. The summed E-state index contributed by atoms with van der Waals surface area (Å²) in [7, 11) is -3.61. The standard InChI is InChI=1S/C19H29NO5S/c1-14(2)19(21)20(13-18-6-5-11-24-18)12-16-7-9-17(10-8-16)25-26(22,23)15(3)4/h7-10,14-15,18H,5-6,11-13H2,1-4H3/t18-/m0/s1. The molecule has 6 nitrogen and oxygen atoms in total. The molecule has 1 saturated heterocycles. The summed E-state index contributed by atoms with van der Waals surface area (Å²) in [6, 6.07) is 6.83. The van der Waals surface area contributed by atoms with Crippen LogP contribution in [0.5, 0.6) is 5.75 Å². The predicted octanol–water partition coefficient (Wildman–Crippen LogP) is 2.97. The van der Waals surface area contributed by atoms with Crippen molar-refractivity contribution in [2.45, 2.75) is 58.4 Å². The lowest BCUT2D eigenvalue weighted by molar-refractivity contribution is -0.136. The fourth-order valence-corrected chi connectivity index (χ4v) is 3.30. The third kappa shape index (κ3) is 5.71. The molecular weight excluding hydrogens is 354 g/mol. The van der Waals surface area contributed by atoms with Crippen LogP contribution in [-0.4, -0.2) is 43.7 Å². The molecule has 2 rings (SSSR count). The highest BCUT2D eigenvalue weighted by molar-refractivity contribution is 7.87. The van der Waals surface area contributed by atoms with Crippen LogP contribution in [0.3, 0.4) is 0 Å². The van der Waals surface area contributed by atoms with E-state index in [1.165, 1.54) is 0 Å². The molecule has 0 aromatic heterocycles. The Kier molecular flexibility index (Phi) is 7.06. The van der Waals surface area contributed by atoms with E-state index in [1.807, 2.05) is 18.7 Å². The molecule has 1 aromatic rings. The van der Waals surface area contributed by atoms with Gasteiger partial charge in [0.05, 0.1) is 11.4 Å². The first-order valence-corrected chi connectivity index (χ1v) is 10.6. The first-order valence-electron chi connectivity index (χ1n) is 9.11. The second-order valence-electron chi connectivity index (χ2n) is 7.28. The Morgan fingerprint density at radius 3 is 2.38 bits per heavy atom. The van der Waals surface area contributed by atoms with Crippen molar-refractivity contribution in [1.82, 2.24) is 4.90 Å². The lowest BCUT2D eigenvalue weighted by atomic mass is 10.1. The molecule has 1 aromatic carbocycles. The third-order valence-electron chi connectivity index (χ3n) is 4.34. The number of rotatable bonds is 8. The van der Waals surface area contributed by atoms with E-state index in [9.17, 15) is 13.2 Å². The normalized spacial score (nSPS) is 17.7. The van der Waals surface area contributed by atoms with Crippen molar-refractivity contribution in [1.29, 1.82) is 0 Å². The van der Waals surface area contributed by atoms with Gasteiger partial charge >= 0.3 is 10.1 Å². The molecule has 0 aliphatic carbocycles. The summed E-state index contributed by atoms with van der Waals surface area (Å²) in [4.78, 5) is 14.4. The molecule has 26 heavy (non-hydrogen) atoms. The fourth-order valence-electron chi connectivity index (χ4n) is 2.73. The molecule has 146 valence electrons. The molecule has 7 heteroatoms. The maximum atomic E-state index is 12.5. The molecule has 1 aliphatic heterocycles. The van der Waals surface area contributed by atoms with Crippen LogP contribution in [0.2, 0.25) is 0 Å². The van der Waals surface area contributed by atoms with E-state index in [-0.39, 0.29) is 23.7 Å². The Labute approximate surface area is 156 Å². The predicted molar refractivity (Wildman–Crippen MR) is 100 cm³/mol. The largest absolute Gasteiger partial charge is 0.382 e. The zero-order chi connectivity index (χ0) is 19.3. The molecule has 1 fully saturated rings. The van der Waals surface area contributed by atoms with Crippen molar-refractivity contribution in [3.63, 3.8) is 0 Å². The van der Waals surface area contributed by atoms with Crippen molar-refractivity contribution in [2.24, 2.45) is 5.92 Å². The first kappa shape index (κ1) is 20.7. The number of carbonyl (C=O) groups is 1. The van der Waals surface area contributed by atoms with Crippen molar-refractivity contribution in [3.05, 3.63) is 29.8 Å². The van der Waals surface area contributed by atoms with Gasteiger partial charge in [-0.25, -0.2) is 0 Å². The van der Waals surface area contributed by atoms with Crippen LogP contribution in [0.15, 0.2) is 24.3 Å². The van der Waals surface area contributed by atoms with Crippen molar-refractivity contribution in [2.75, 3.05) is 13.2 Å². The highest BCUT2D eigenvalue weighted by Crippen LogP contribution is 2.20. The average molecular weight is 384 g/mol. The first-order chi connectivity index (χ1) is 12.2.